The Balaban J connectivity index is 1.76. The lowest BCUT2D eigenvalue weighted by Crippen LogP contribution is -2.22. The van der Waals surface area contributed by atoms with Gasteiger partial charge >= 0.3 is 0 Å². The summed E-state index contributed by atoms with van der Waals surface area (Å²) in [5, 5.41) is 11.9. The van der Waals surface area contributed by atoms with Crippen molar-refractivity contribution in [3.05, 3.63) is 24.0 Å². The molecule has 6 heteroatoms. The Morgan fingerprint density at radius 2 is 2.40 bits per heavy atom. The molecule has 1 fully saturated rings. The summed E-state index contributed by atoms with van der Waals surface area (Å²) >= 11 is 0. The van der Waals surface area contributed by atoms with Crippen molar-refractivity contribution < 1.29 is 19.0 Å². The summed E-state index contributed by atoms with van der Waals surface area (Å²) in [6.07, 6.45) is 3.18. The summed E-state index contributed by atoms with van der Waals surface area (Å²) in [4.78, 5) is 10.5. The van der Waals surface area contributed by atoms with Crippen molar-refractivity contribution in [1.82, 2.24) is 5.32 Å². The maximum absolute atomic E-state index is 13.7. The fraction of sp³-hybridized carbons (Fsp3) is 0.500. The molecule has 0 saturated carbocycles. The molecule has 0 spiro atoms. The topological polar surface area (TPSA) is 58.6 Å². The molecular formula is C14H18BFNO3. The van der Waals surface area contributed by atoms with E-state index in [0.717, 1.165) is 33.2 Å². The van der Waals surface area contributed by atoms with Crippen LogP contribution in [0, 0.1) is 11.7 Å². The van der Waals surface area contributed by atoms with Crippen molar-refractivity contribution in [3.8, 4) is 5.75 Å². The Morgan fingerprint density at radius 3 is 3.05 bits per heavy atom. The average Bonchev–Trinajstić information content (AvgIpc) is 2.89. The second kappa shape index (κ2) is 7.29. The first kappa shape index (κ1) is 14.8. The molecule has 1 aromatic carbocycles. The van der Waals surface area contributed by atoms with Crippen LogP contribution in [0.15, 0.2) is 18.2 Å². The molecule has 1 unspecified atom stereocenters. The van der Waals surface area contributed by atoms with Gasteiger partial charge in [0, 0.05) is 0 Å². The molecule has 1 aliphatic heterocycles. The highest BCUT2D eigenvalue weighted by Gasteiger charge is 2.14. The largest absolute Gasteiger partial charge is 0.491 e. The Hall–Kier alpha value is -1.56. The van der Waals surface area contributed by atoms with Gasteiger partial charge in [-0.2, -0.15) is 0 Å². The van der Waals surface area contributed by atoms with E-state index < -0.39 is 11.7 Å². The van der Waals surface area contributed by atoms with Gasteiger partial charge in [-0.25, -0.2) is 4.39 Å². The minimum absolute atomic E-state index is 0.178. The van der Waals surface area contributed by atoms with Gasteiger partial charge in [-0.3, -0.25) is 4.79 Å². The van der Waals surface area contributed by atoms with Crippen molar-refractivity contribution in [3.63, 3.8) is 0 Å². The molecule has 1 radical (unpaired) electrons. The molecule has 1 heterocycles. The second-order valence-corrected chi connectivity index (χ2v) is 5.02. The zero-order valence-electron chi connectivity index (χ0n) is 11.3. The maximum Gasteiger partial charge on any atom is 0.299 e. The third kappa shape index (κ3) is 4.52. The van der Waals surface area contributed by atoms with E-state index in [1.54, 1.807) is 0 Å². The number of nitrogens with one attached hydrogen (secondary N) is 1. The molecule has 107 valence electrons. The predicted octanol–water partition coefficient (Wildman–Crippen LogP) is 1.60. The summed E-state index contributed by atoms with van der Waals surface area (Å²) in [7, 11) is 0.958. The van der Waals surface area contributed by atoms with Crippen molar-refractivity contribution in [2.24, 2.45) is 5.92 Å². The highest BCUT2D eigenvalue weighted by Crippen LogP contribution is 2.17. The van der Waals surface area contributed by atoms with E-state index in [-0.39, 0.29) is 5.75 Å². The Kier molecular flexibility index (Phi) is 5.41. The number of hydrogen-bond acceptors (Lipinski definition) is 3. The average molecular weight is 278 g/mol. The monoisotopic (exact) mass is 278 g/mol. The fourth-order valence-electron chi connectivity index (χ4n) is 2.38. The number of hydrogen-bond donors (Lipinski definition) is 2. The molecule has 1 atom stereocenters. The van der Waals surface area contributed by atoms with Crippen molar-refractivity contribution in [1.29, 1.82) is 0 Å². The van der Waals surface area contributed by atoms with Crippen LogP contribution < -0.4 is 15.5 Å². The molecule has 2 rings (SSSR count). The second-order valence-electron chi connectivity index (χ2n) is 5.02. The van der Waals surface area contributed by atoms with E-state index >= 15 is 0 Å². The first-order valence-electron chi connectivity index (χ1n) is 6.86. The highest BCUT2D eigenvalue weighted by atomic mass is 19.1. The molecule has 4 nitrogen and oxygen atoms in total. The minimum Gasteiger partial charge on any atom is -0.491 e. The number of ether oxygens (including phenoxy) is 1. The molecular weight excluding hydrogens is 260 g/mol. The van der Waals surface area contributed by atoms with Crippen LogP contribution in [-0.4, -0.2) is 38.0 Å². The lowest BCUT2D eigenvalue weighted by atomic mass is 9.71. The van der Waals surface area contributed by atoms with Crippen LogP contribution in [0.3, 0.4) is 0 Å². The first-order chi connectivity index (χ1) is 9.65. The van der Waals surface area contributed by atoms with Crippen LogP contribution >= 0.6 is 0 Å². The standard InChI is InChI=1S/C14H18BFNO3/c16-12-8-11(15-14(18)19)3-4-13(12)20-7-1-2-10-5-6-17-9-10/h3-4,8,10,17H,1-2,5-7,9H2,(H,18,19). The van der Waals surface area contributed by atoms with E-state index in [9.17, 15) is 9.18 Å². The molecule has 0 bridgehead atoms. The molecule has 1 aromatic rings. The Bertz CT molecular complexity index is 464. The number of benzene rings is 1. The molecule has 20 heavy (non-hydrogen) atoms. The summed E-state index contributed by atoms with van der Waals surface area (Å²) in [6.45, 7) is 2.63. The van der Waals surface area contributed by atoms with Crippen molar-refractivity contribution >= 4 is 18.6 Å². The predicted molar refractivity (Wildman–Crippen MR) is 75.5 cm³/mol. The van der Waals surface area contributed by atoms with Crippen LogP contribution in [0.4, 0.5) is 9.18 Å². The zero-order chi connectivity index (χ0) is 14.4. The first-order valence-corrected chi connectivity index (χ1v) is 6.86. The number of halogens is 1. The van der Waals surface area contributed by atoms with E-state index in [0.29, 0.717) is 18.0 Å². The molecule has 0 aliphatic carbocycles. The SMILES string of the molecule is O=C(O)[B]c1ccc(OCCCC2CCNC2)c(F)c1. The summed E-state index contributed by atoms with van der Waals surface area (Å²) in [5.41, 5.74) is 0.319. The van der Waals surface area contributed by atoms with Gasteiger partial charge in [0.1, 0.15) is 0 Å². The number of carbonyl (C=O) groups is 1. The Labute approximate surface area is 118 Å². The molecule has 1 aliphatic rings. The van der Waals surface area contributed by atoms with E-state index in [2.05, 4.69) is 5.32 Å². The van der Waals surface area contributed by atoms with Gasteiger partial charge in [0.05, 0.1) is 6.61 Å². The van der Waals surface area contributed by atoms with Gasteiger partial charge in [-0.15, -0.1) is 0 Å². The zero-order valence-corrected chi connectivity index (χ0v) is 11.3. The van der Waals surface area contributed by atoms with Crippen LogP contribution in [0.1, 0.15) is 19.3 Å². The van der Waals surface area contributed by atoms with Crippen LogP contribution in [0.5, 0.6) is 5.75 Å². The third-order valence-electron chi connectivity index (χ3n) is 3.42. The lowest BCUT2D eigenvalue weighted by Gasteiger charge is -2.10. The van der Waals surface area contributed by atoms with Gasteiger partial charge in [-0.05, 0) is 50.4 Å². The molecule has 0 amide bonds. The molecule has 2 N–H and O–H groups in total. The van der Waals surface area contributed by atoms with Crippen molar-refractivity contribution in [2.45, 2.75) is 19.3 Å². The van der Waals surface area contributed by atoms with Crippen LogP contribution in [0.25, 0.3) is 0 Å². The van der Waals surface area contributed by atoms with Crippen LogP contribution in [-0.2, 0) is 0 Å². The molecule has 1 saturated heterocycles. The van der Waals surface area contributed by atoms with Crippen molar-refractivity contribution in [2.75, 3.05) is 19.7 Å². The smallest absolute Gasteiger partial charge is 0.299 e. The van der Waals surface area contributed by atoms with Gasteiger partial charge < -0.3 is 15.2 Å². The highest BCUT2D eigenvalue weighted by molar-refractivity contribution is 6.82. The van der Waals surface area contributed by atoms with Gasteiger partial charge in [0.15, 0.2) is 11.6 Å². The van der Waals surface area contributed by atoms with E-state index in [1.807, 2.05) is 0 Å². The quantitative estimate of drug-likeness (QED) is 0.587. The van der Waals surface area contributed by atoms with Crippen LogP contribution in [0.2, 0.25) is 0 Å². The molecule has 0 aromatic heterocycles. The van der Waals surface area contributed by atoms with E-state index in [1.165, 1.54) is 24.6 Å². The summed E-state index contributed by atoms with van der Waals surface area (Å²) < 4.78 is 19.1. The normalized spacial score (nSPS) is 17.9. The Morgan fingerprint density at radius 1 is 1.55 bits per heavy atom. The number of carboxylic acid groups (broad SMARTS) is 1. The third-order valence-corrected chi connectivity index (χ3v) is 3.42. The summed E-state index contributed by atoms with van der Waals surface area (Å²) in [5.74, 6) is -0.737. The summed E-state index contributed by atoms with van der Waals surface area (Å²) in [6, 6.07) is 4.18. The lowest BCUT2D eigenvalue weighted by molar-refractivity contribution is 0.220. The number of rotatable bonds is 7. The van der Waals surface area contributed by atoms with E-state index in [4.69, 9.17) is 9.84 Å². The van der Waals surface area contributed by atoms with Gasteiger partial charge in [0.2, 0.25) is 5.87 Å². The fourth-order valence-corrected chi connectivity index (χ4v) is 2.38. The minimum atomic E-state index is -1.09. The maximum atomic E-state index is 13.7. The van der Waals surface area contributed by atoms with Gasteiger partial charge in [0.25, 0.3) is 7.28 Å². The van der Waals surface area contributed by atoms with Gasteiger partial charge in [-0.1, -0.05) is 11.5 Å².